The van der Waals surface area contributed by atoms with Gasteiger partial charge in [-0.2, -0.15) is 0 Å². The number of thioether (sulfide) groups is 1. The Bertz CT molecular complexity index is 759. The maximum absolute atomic E-state index is 12.3. The van der Waals surface area contributed by atoms with Crippen molar-refractivity contribution in [3.63, 3.8) is 0 Å². The SMILES string of the molecule is Cc1cc(C)cc(NC(=O)CSCc2c(C)c(C)c(C)c(C)c2C)c1. The van der Waals surface area contributed by atoms with Crippen LogP contribution < -0.4 is 5.32 Å². The molecule has 3 heteroatoms. The fraction of sp³-hybridized carbons (Fsp3) is 0.409. The molecule has 2 rings (SSSR count). The van der Waals surface area contributed by atoms with Gasteiger partial charge in [0.15, 0.2) is 0 Å². The Morgan fingerprint density at radius 1 is 0.800 bits per heavy atom. The van der Waals surface area contributed by atoms with Crippen LogP contribution in [-0.4, -0.2) is 11.7 Å². The van der Waals surface area contributed by atoms with Crippen molar-refractivity contribution in [1.82, 2.24) is 0 Å². The number of hydrogen-bond donors (Lipinski definition) is 1. The third-order valence-corrected chi connectivity index (χ3v) is 6.10. The van der Waals surface area contributed by atoms with Gasteiger partial charge in [-0.1, -0.05) is 6.07 Å². The van der Waals surface area contributed by atoms with Gasteiger partial charge in [-0.25, -0.2) is 0 Å². The predicted molar refractivity (Wildman–Crippen MR) is 111 cm³/mol. The molecule has 0 saturated heterocycles. The molecule has 0 atom stereocenters. The zero-order valence-electron chi connectivity index (χ0n) is 16.5. The molecule has 0 radical (unpaired) electrons. The Morgan fingerprint density at radius 3 is 1.80 bits per heavy atom. The van der Waals surface area contributed by atoms with Crippen LogP contribution in [0.5, 0.6) is 0 Å². The molecular formula is C22H29NOS. The first kappa shape index (κ1) is 19.6. The van der Waals surface area contributed by atoms with E-state index in [0.29, 0.717) is 5.75 Å². The van der Waals surface area contributed by atoms with Gasteiger partial charge in [0.05, 0.1) is 5.75 Å². The molecule has 0 aliphatic heterocycles. The maximum atomic E-state index is 12.3. The lowest BCUT2D eigenvalue weighted by atomic mass is 9.90. The van der Waals surface area contributed by atoms with Crippen molar-refractivity contribution in [2.45, 2.75) is 54.2 Å². The predicted octanol–water partition coefficient (Wildman–Crippen LogP) is 5.72. The van der Waals surface area contributed by atoms with Crippen LogP contribution in [0.25, 0.3) is 0 Å². The first-order valence-electron chi connectivity index (χ1n) is 8.72. The van der Waals surface area contributed by atoms with E-state index in [1.807, 2.05) is 26.0 Å². The molecule has 2 nitrogen and oxygen atoms in total. The van der Waals surface area contributed by atoms with Crippen LogP contribution in [0.15, 0.2) is 18.2 Å². The van der Waals surface area contributed by atoms with Gasteiger partial charge in [0.25, 0.3) is 0 Å². The van der Waals surface area contributed by atoms with Crippen LogP contribution in [0.4, 0.5) is 5.69 Å². The third-order valence-electron chi connectivity index (χ3n) is 5.14. The molecule has 25 heavy (non-hydrogen) atoms. The first-order valence-corrected chi connectivity index (χ1v) is 9.88. The molecule has 0 heterocycles. The van der Waals surface area contributed by atoms with Gasteiger partial charge in [-0.05, 0) is 105 Å². The van der Waals surface area contributed by atoms with Crippen LogP contribution in [0.3, 0.4) is 0 Å². The summed E-state index contributed by atoms with van der Waals surface area (Å²) in [6, 6.07) is 6.13. The summed E-state index contributed by atoms with van der Waals surface area (Å²) >= 11 is 1.68. The summed E-state index contributed by atoms with van der Waals surface area (Å²) in [6.07, 6.45) is 0. The van der Waals surface area contributed by atoms with Crippen LogP contribution >= 0.6 is 11.8 Å². The number of carbonyl (C=O) groups is 1. The Balaban J connectivity index is 2.00. The highest BCUT2D eigenvalue weighted by Gasteiger charge is 2.13. The number of anilines is 1. The van der Waals surface area contributed by atoms with Crippen molar-refractivity contribution in [3.8, 4) is 0 Å². The average Bonchev–Trinajstić information content (AvgIpc) is 2.53. The smallest absolute Gasteiger partial charge is 0.234 e. The van der Waals surface area contributed by atoms with E-state index in [1.54, 1.807) is 11.8 Å². The molecule has 0 aromatic heterocycles. The molecule has 0 aliphatic carbocycles. The van der Waals surface area contributed by atoms with Crippen LogP contribution in [0.1, 0.15) is 44.5 Å². The number of carbonyl (C=O) groups excluding carboxylic acids is 1. The van der Waals surface area contributed by atoms with Crippen molar-refractivity contribution >= 4 is 23.4 Å². The van der Waals surface area contributed by atoms with E-state index in [4.69, 9.17) is 0 Å². The topological polar surface area (TPSA) is 29.1 Å². The van der Waals surface area contributed by atoms with E-state index in [2.05, 4.69) is 46.0 Å². The molecule has 0 unspecified atom stereocenters. The average molecular weight is 356 g/mol. The quantitative estimate of drug-likeness (QED) is 0.743. The lowest BCUT2D eigenvalue weighted by Crippen LogP contribution is -2.14. The minimum absolute atomic E-state index is 0.0610. The fourth-order valence-electron chi connectivity index (χ4n) is 3.28. The molecule has 0 spiro atoms. The van der Waals surface area contributed by atoms with Crippen molar-refractivity contribution in [2.24, 2.45) is 0 Å². The fourth-order valence-corrected chi connectivity index (χ4v) is 4.28. The number of benzene rings is 2. The highest BCUT2D eigenvalue weighted by atomic mass is 32.2. The van der Waals surface area contributed by atoms with Gasteiger partial charge in [0.1, 0.15) is 0 Å². The normalized spacial score (nSPS) is 10.8. The van der Waals surface area contributed by atoms with Gasteiger partial charge in [-0.3, -0.25) is 4.79 Å². The maximum Gasteiger partial charge on any atom is 0.234 e. The molecule has 1 N–H and O–H groups in total. The van der Waals surface area contributed by atoms with E-state index >= 15 is 0 Å². The Morgan fingerprint density at radius 2 is 1.28 bits per heavy atom. The molecule has 0 saturated carbocycles. The minimum atomic E-state index is 0.0610. The summed E-state index contributed by atoms with van der Waals surface area (Å²) in [7, 11) is 0. The molecule has 2 aromatic carbocycles. The van der Waals surface area contributed by atoms with Crippen molar-refractivity contribution < 1.29 is 4.79 Å². The lowest BCUT2D eigenvalue weighted by molar-refractivity contribution is -0.113. The zero-order chi connectivity index (χ0) is 18.7. The second-order valence-electron chi connectivity index (χ2n) is 7.02. The lowest BCUT2D eigenvalue weighted by Gasteiger charge is -2.18. The number of rotatable bonds is 5. The van der Waals surface area contributed by atoms with E-state index in [1.165, 1.54) is 44.5 Å². The monoisotopic (exact) mass is 355 g/mol. The highest BCUT2D eigenvalue weighted by molar-refractivity contribution is 7.99. The van der Waals surface area contributed by atoms with Crippen molar-refractivity contribution in [3.05, 3.63) is 62.7 Å². The van der Waals surface area contributed by atoms with E-state index in [0.717, 1.165) is 11.4 Å². The molecular weight excluding hydrogens is 326 g/mol. The number of aryl methyl sites for hydroxylation is 2. The van der Waals surface area contributed by atoms with Gasteiger partial charge in [0.2, 0.25) is 5.91 Å². The second-order valence-corrected chi connectivity index (χ2v) is 8.01. The number of nitrogens with one attached hydrogen (secondary N) is 1. The van der Waals surface area contributed by atoms with Crippen molar-refractivity contribution in [2.75, 3.05) is 11.1 Å². The number of hydrogen-bond acceptors (Lipinski definition) is 2. The summed E-state index contributed by atoms with van der Waals surface area (Å²) < 4.78 is 0. The van der Waals surface area contributed by atoms with Crippen LogP contribution in [-0.2, 0) is 10.5 Å². The molecule has 0 bridgehead atoms. The van der Waals surface area contributed by atoms with Crippen molar-refractivity contribution in [1.29, 1.82) is 0 Å². The first-order chi connectivity index (χ1) is 11.7. The van der Waals surface area contributed by atoms with Gasteiger partial charge in [0, 0.05) is 11.4 Å². The molecule has 134 valence electrons. The Hall–Kier alpha value is -1.74. The van der Waals surface area contributed by atoms with Gasteiger partial charge >= 0.3 is 0 Å². The third kappa shape index (κ3) is 4.66. The molecule has 1 amide bonds. The van der Waals surface area contributed by atoms with Gasteiger partial charge < -0.3 is 5.32 Å². The Labute approximate surface area is 156 Å². The Kier molecular flexibility index (Phi) is 6.34. The van der Waals surface area contributed by atoms with Crippen LogP contribution in [0.2, 0.25) is 0 Å². The number of amides is 1. The molecule has 0 fully saturated rings. The summed E-state index contributed by atoms with van der Waals surface area (Å²) in [6.45, 7) is 15.1. The summed E-state index contributed by atoms with van der Waals surface area (Å²) in [5.41, 5.74) is 11.5. The zero-order valence-corrected chi connectivity index (χ0v) is 17.3. The minimum Gasteiger partial charge on any atom is -0.325 e. The van der Waals surface area contributed by atoms with Gasteiger partial charge in [-0.15, -0.1) is 11.8 Å². The second kappa shape index (κ2) is 8.09. The summed E-state index contributed by atoms with van der Waals surface area (Å²) in [5.74, 6) is 1.41. The molecule has 2 aromatic rings. The van der Waals surface area contributed by atoms with E-state index in [9.17, 15) is 4.79 Å². The largest absolute Gasteiger partial charge is 0.325 e. The highest BCUT2D eigenvalue weighted by Crippen LogP contribution is 2.29. The van der Waals surface area contributed by atoms with E-state index < -0.39 is 0 Å². The molecule has 0 aliphatic rings. The van der Waals surface area contributed by atoms with Crippen LogP contribution in [0, 0.1) is 48.5 Å². The standard InChI is InChI=1S/C22H29NOS/c1-13-8-14(2)10-20(9-13)23-22(24)12-25-11-21-18(6)16(4)15(3)17(5)19(21)7/h8-10H,11-12H2,1-7H3,(H,23,24). The van der Waals surface area contributed by atoms with E-state index in [-0.39, 0.29) is 5.91 Å². The summed E-state index contributed by atoms with van der Waals surface area (Å²) in [5, 5.41) is 3.01. The summed E-state index contributed by atoms with van der Waals surface area (Å²) in [4.78, 5) is 12.3.